The van der Waals surface area contributed by atoms with Gasteiger partial charge in [-0.1, -0.05) is 66.2 Å². The molecule has 0 saturated heterocycles. The van der Waals surface area contributed by atoms with E-state index in [0.29, 0.717) is 29.5 Å². The van der Waals surface area contributed by atoms with Crippen LogP contribution in [0.3, 0.4) is 0 Å². The van der Waals surface area contributed by atoms with E-state index in [0.717, 1.165) is 11.1 Å². The van der Waals surface area contributed by atoms with Gasteiger partial charge in [-0.2, -0.15) is 0 Å². The number of carbonyl (C=O) groups excluding carboxylic acids is 2. The van der Waals surface area contributed by atoms with Crippen molar-refractivity contribution < 1.29 is 28.5 Å². The summed E-state index contributed by atoms with van der Waals surface area (Å²) < 4.78 is 22.7. The van der Waals surface area contributed by atoms with Gasteiger partial charge in [-0.15, -0.1) is 0 Å². The highest BCUT2D eigenvalue weighted by atomic mass is 35.5. The number of benzene rings is 3. The Kier molecular flexibility index (Phi) is 10.6. The summed E-state index contributed by atoms with van der Waals surface area (Å²) in [7, 11) is 0. The summed E-state index contributed by atoms with van der Waals surface area (Å²) in [6, 6.07) is 24.5. The molecule has 7 heteroatoms. The highest BCUT2D eigenvalue weighted by Gasteiger charge is 2.31. The van der Waals surface area contributed by atoms with Crippen LogP contribution in [0.4, 0.5) is 0 Å². The lowest BCUT2D eigenvalue weighted by Crippen LogP contribution is -2.29. The molecule has 3 rings (SSSR count). The highest BCUT2D eigenvalue weighted by Crippen LogP contribution is 2.34. The molecule has 1 atom stereocenters. The molecule has 1 unspecified atom stereocenters. The van der Waals surface area contributed by atoms with Crippen molar-refractivity contribution in [3.63, 3.8) is 0 Å². The molecule has 0 aromatic heterocycles. The summed E-state index contributed by atoms with van der Waals surface area (Å²) in [6.45, 7) is 4.13. The van der Waals surface area contributed by atoms with E-state index in [1.54, 1.807) is 13.8 Å². The maximum atomic E-state index is 12.5. The van der Waals surface area contributed by atoms with Crippen LogP contribution in [0.5, 0.6) is 11.5 Å². The minimum atomic E-state index is -1.02. The molecule has 3 aromatic rings. The molecule has 190 valence electrons. The molecule has 0 aliphatic rings. The molecule has 6 nitrogen and oxygen atoms in total. The van der Waals surface area contributed by atoms with Crippen molar-refractivity contribution in [2.75, 3.05) is 13.2 Å². The SMILES string of the molecule is CCOC(=O)C(CCC(Oc1ccccc1OCc1ccc(Cl)cc1)c1ccccc1)C(=O)OCC. The summed E-state index contributed by atoms with van der Waals surface area (Å²) in [4.78, 5) is 24.9. The lowest BCUT2D eigenvalue weighted by atomic mass is 9.97. The van der Waals surface area contributed by atoms with Crippen molar-refractivity contribution in [3.05, 3.63) is 95.0 Å². The van der Waals surface area contributed by atoms with E-state index in [4.69, 9.17) is 30.5 Å². The van der Waals surface area contributed by atoms with Crippen molar-refractivity contribution in [3.8, 4) is 11.5 Å². The number of rotatable bonds is 13. The average Bonchev–Trinajstić information content (AvgIpc) is 2.89. The van der Waals surface area contributed by atoms with Gasteiger partial charge in [-0.25, -0.2) is 0 Å². The topological polar surface area (TPSA) is 71.1 Å². The number of para-hydroxylation sites is 2. The summed E-state index contributed by atoms with van der Waals surface area (Å²) in [6.07, 6.45) is 0.167. The van der Waals surface area contributed by atoms with Gasteiger partial charge in [-0.05, 0) is 62.1 Å². The quantitative estimate of drug-likeness (QED) is 0.191. The molecule has 0 radical (unpaired) electrons. The van der Waals surface area contributed by atoms with E-state index in [-0.39, 0.29) is 19.6 Å². The van der Waals surface area contributed by atoms with Crippen molar-refractivity contribution in [2.24, 2.45) is 5.92 Å². The van der Waals surface area contributed by atoms with Crippen LogP contribution in [-0.2, 0) is 25.7 Å². The van der Waals surface area contributed by atoms with E-state index in [2.05, 4.69) is 0 Å². The van der Waals surface area contributed by atoms with E-state index in [1.807, 2.05) is 78.9 Å². The van der Waals surface area contributed by atoms with E-state index in [1.165, 1.54) is 0 Å². The maximum Gasteiger partial charge on any atom is 0.320 e. The molecule has 0 aliphatic heterocycles. The summed E-state index contributed by atoms with van der Waals surface area (Å²) in [5.41, 5.74) is 1.89. The zero-order valence-electron chi connectivity index (χ0n) is 20.5. The number of ether oxygens (including phenoxy) is 4. The van der Waals surface area contributed by atoms with Gasteiger partial charge in [0, 0.05) is 5.02 Å². The zero-order valence-corrected chi connectivity index (χ0v) is 21.3. The molecule has 0 amide bonds. The fourth-order valence-electron chi connectivity index (χ4n) is 3.66. The third-order valence-electron chi connectivity index (χ3n) is 5.46. The molecule has 0 aliphatic carbocycles. The van der Waals surface area contributed by atoms with Gasteiger partial charge in [0.25, 0.3) is 0 Å². The minimum absolute atomic E-state index is 0.186. The van der Waals surface area contributed by atoms with E-state index in [9.17, 15) is 9.59 Å². The Morgan fingerprint density at radius 1 is 0.750 bits per heavy atom. The first-order valence-electron chi connectivity index (χ1n) is 12.0. The molecule has 0 spiro atoms. The number of carbonyl (C=O) groups is 2. The normalized spacial score (nSPS) is 11.6. The Balaban J connectivity index is 1.78. The van der Waals surface area contributed by atoms with Gasteiger partial charge >= 0.3 is 11.9 Å². The van der Waals surface area contributed by atoms with Crippen LogP contribution in [0.25, 0.3) is 0 Å². The Hall–Kier alpha value is -3.51. The molecule has 0 saturated carbocycles. The maximum absolute atomic E-state index is 12.5. The molecule has 0 fully saturated rings. The monoisotopic (exact) mass is 510 g/mol. The summed E-state index contributed by atoms with van der Waals surface area (Å²) in [5.74, 6) is -1.05. The molecule has 3 aromatic carbocycles. The Morgan fingerprint density at radius 3 is 1.94 bits per heavy atom. The van der Waals surface area contributed by atoms with Crippen LogP contribution in [0.2, 0.25) is 5.02 Å². The van der Waals surface area contributed by atoms with Gasteiger partial charge in [-0.3, -0.25) is 9.59 Å². The van der Waals surface area contributed by atoms with Crippen LogP contribution < -0.4 is 9.47 Å². The Morgan fingerprint density at radius 2 is 1.33 bits per heavy atom. The second-order valence-electron chi connectivity index (χ2n) is 8.01. The van der Waals surface area contributed by atoms with Crippen LogP contribution in [0.15, 0.2) is 78.9 Å². The number of esters is 2. The number of hydrogen-bond acceptors (Lipinski definition) is 6. The Bertz CT molecular complexity index is 1080. The standard InChI is InChI=1S/C29H31ClO6/c1-3-33-28(31)24(29(32)34-4-2)18-19-25(22-10-6-5-7-11-22)36-27-13-9-8-12-26(27)35-20-21-14-16-23(30)17-15-21/h5-17,24-25H,3-4,18-20H2,1-2H3. The van der Waals surface area contributed by atoms with Crippen LogP contribution in [0.1, 0.15) is 43.9 Å². The fourth-order valence-corrected chi connectivity index (χ4v) is 3.78. The first-order valence-corrected chi connectivity index (χ1v) is 12.4. The summed E-state index contributed by atoms with van der Waals surface area (Å²) >= 11 is 5.98. The lowest BCUT2D eigenvalue weighted by Gasteiger charge is -2.23. The molecule has 0 heterocycles. The zero-order chi connectivity index (χ0) is 25.8. The average molecular weight is 511 g/mol. The van der Waals surface area contributed by atoms with Crippen molar-refractivity contribution >= 4 is 23.5 Å². The largest absolute Gasteiger partial charge is 0.485 e. The predicted molar refractivity (Wildman–Crippen MR) is 138 cm³/mol. The minimum Gasteiger partial charge on any atom is -0.485 e. The molecular formula is C29H31ClO6. The molecular weight excluding hydrogens is 480 g/mol. The lowest BCUT2D eigenvalue weighted by molar-refractivity contribution is -0.162. The second-order valence-corrected chi connectivity index (χ2v) is 8.45. The third-order valence-corrected chi connectivity index (χ3v) is 5.71. The third kappa shape index (κ3) is 8.02. The van der Waals surface area contributed by atoms with Crippen molar-refractivity contribution in [2.45, 2.75) is 39.4 Å². The molecule has 0 bridgehead atoms. The summed E-state index contributed by atoms with van der Waals surface area (Å²) in [5, 5.41) is 0.664. The van der Waals surface area contributed by atoms with Gasteiger partial charge < -0.3 is 18.9 Å². The van der Waals surface area contributed by atoms with Crippen LogP contribution in [-0.4, -0.2) is 25.2 Å². The van der Waals surface area contributed by atoms with Crippen LogP contribution in [0, 0.1) is 5.92 Å². The number of hydrogen-bond donors (Lipinski definition) is 0. The van der Waals surface area contributed by atoms with Gasteiger partial charge in [0.15, 0.2) is 17.4 Å². The van der Waals surface area contributed by atoms with Gasteiger partial charge in [0.2, 0.25) is 0 Å². The van der Waals surface area contributed by atoms with E-state index >= 15 is 0 Å². The number of halogens is 1. The highest BCUT2D eigenvalue weighted by molar-refractivity contribution is 6.30. The fraction of sp³-hybridized carbons (Fsp3) is 0.310. The molecule has 0 N–H and O–H groups in total. The first-order chi connectivity index (χ1) is 17.5. The van der Waals surface area contributed by atoms with Gasteiger partial charge in [0.05, 0.1) is 13.2 Å². The second kappa shape index (κ2) is 14.1. The first kappa shape index (κ1) is 27.1. The smallest absolute Gasteiger partial charge is 0.320 e. The van der Waals surface area contributed by atoms with E-state index < -0.39 is 24.0 Å². The van der Waals surface area contributed by atoms with Gasteiger partial charge in [0.1, 0.15) is 12.7 Å². The molecule has 36 heavy (non-hydrogen) atoms. The predicted octanol–water partition coefficient (Wildman–Crippen LogP) is 6.56. The Labute approximate surface area is 217 Å². The van der Waals surface area contributed by atoms with Crippen molar-refractivity contribution in [1.29, 1.82) is 0 Å². The van der Waals surface area contributed by atoms with Crippen molar-refractivity contribution in [1.82, 2.24) is 0 Å². The van der Waals surface area contributed by atoms with Crippen LogP contribution >= 0.6 is 11.6 Å².